The van der Waals surface area contributed by atoms with E-state index in [-0.39, 0.29) is 5.57 Å². The van der Waals surface area contributed by atoms with Crippen LogP contribution in [-0.4, -0.2) is 18.4 Å². The summed E-state index contributed by atoms with van der Waals surface area (Å²) in [7, 11) is 0. The number of carbonyl (C=O) groups is 2. The lowest BCUT2D eigenvalue weighted by Crippen LogP contribution is -2.37. The van der Waals surface area contributed by atoms with Crippen molar-refractivity contribution in [1.82, 2.24) is 0 Å². The summed E-state index contributed by atoms with van der Waals surface area (Å²) in [4.78, 5) is 30.6. The van der Waals surface area contributed by atoms with Crippen molar-refractivity contribution >= 4 is 40.4 Å². The summed E-state index contributed by atoms with van der Waals surface area (Å²) in [5, 5.41) is 0.530. The average molecular weight is 447 g/mol. The molecule has 160 valence electrons. The number of amides is 2. The number of nitrogens with zero attached hydrogens (tertiary/aromatic N) is 2. The van der Waals surface area contributed by atoms with Crippen molar-refractivity contribution in [2.24, 2.45) is 0 Å². The van der Waals surface area contributed by atoms with Gasteiger partial charge in [0.15, 0.2) is 0 Å². The van der Waals surface area contributed by atoms with Crippen LogP contribution >= 0.6 is 11.6 Å². The Hall–Kier alpha value is -3.44. The Morgan fingerprint density at radius 1 is 0.906 bits per heavy atom. The third-order valence-electron chi connectivity index (χ3n) is 5.97. The van der Waals surface area contributed by atoms with E-state index in [1.54, 1.807) is 30.3 Å². The zero-order chi connectivity index (χ0) is 22.4. The van der Waals surface area contributed by atoms with Crippen LogP contribution in [0.2, 0.25) is 5.02 Å². The summed E-state index contributed by atoms with van der Waals surface area (Å²) in [5.41, 5.74) is 4.37. The molecule has 0 bridgehead atoms. The third kappa shape index (κ3) is 3.30. The number of benzene rings is 3. The molecule has 32 heavy (non-hydrogen) atoms. The molecule has 0 unspecified atom stereocenters. The maximum atomic E-state index is 13.8. The van der Waals surface area contributed by atoms with Crippen molar-refractivity contribution in [3.63, 3.8) is 0 Å². The highest BCUT2D eigenvalue weighted by molar-refractivity contribution is 6.46. The smallest absolute Gasteiger partial charge is 0.282 e. The topological polar surface area (TPSA) is 40.6 Å². The van der Waals surface area contributed by atoms with Crippen LogP contribution in [0.4, 0.5) is 15.8 Å². The quantitative estimate of drug-likeness (QED) is 0.497. The van der Waals surface area contributed by atoms with Gasteiger partial charge in [0.1, 0.15) is 11.5 Å². The lowest BCUT2D eigenvalue weighted by Gasteiger charge is -2.32. The number of anilines is 2. The van der Waals surface area contributed by atoms with Crippen LogP contribution in [0.15, 0.2) is 72.4 Å². The number of aryl methyl sites for hydroxylation is 2. The maximum Gasteiger partial charge on any atom is 0.282 e. The molecule has 0 saturated carbocycles. The first-order valence-corrected chi connectivity index (χ1v) is 10.8. The van der Waals surface area contributed by atoms with Gasteiger partial charge in [-0.3, -0.25) is 9.59 Å². The Morgan fingerprint density at radius 2 is 1.66 bits per heavy atom. The Bertz CT molecular complexity index is 1280. The molecule has 6 heteroatoms. The number of fused-ring (bicyclic) bond motifs is 1. The lowest BCUT2D eigenvalue weighted by molar-refractivity contribution is -0.120. The summed E-state index contributed by atoms with van der Waals surface area (Å²) in [6.45, 7) is 2.43. The van der Waals surface area contributed by atoms with Gasteiger partial charge in [0.2, 0.25) is 0 Å². The van der Waals surface area contributed by atoms with Gasteiger partial charge in [0.25, 0.3) is 11.8 Å². The predicted molar refractivity (Wildman–Crippen MR) is 124 cm³/mol. The van der Waals surface area contributed by atoms with Crippen LogP contribution in [-0.2, 0) is 16.0 Å². The Balaban J connectivity index is 1.71. The number of halogens is 2. The number of hydrogen-bond donors (Lipinski definition) is 0. The van der Waals surface area contributed by atoms with Crippen LogP contribution < -0.4 is 9.80 Å². The largest absolute Gasteiger partial charge is 0.336 e. The highest BCUT2D eigenvalue weighted by Crippen LogP contribution is 2.40. The molecule has 3 aromatic carbocycles. The Morgan fingerprint density at radius 3 is 2.41 bits per heavy atom. The minimum atomic E-state index is -0.426. The van der Waals surface area contributed by atoms with E-state index in [4.69, 9.17) is 11.6 Å². The molecule has 2 aliphatic rings. The lowest BCUT2D eigenvalue weighted by atomic mass is 9.98. The van der Waals surface area contributed by atoms with Gasteiger partial charge in [0.05, 0.1) is 11.3 Å². The van der Waals surface area contributed by atoms with E-state index in [1.165, 1.54) is 17.0 Å². The van der Waals surface area contributed by atoms with Gasteiger partial charge in [0, 0.05) is 17.3 Å². The van der Waals surface area contributed by atoms with Crippen molar-refractivity contribution in [3.8, 4) is 0 Å². The highest BCUT2D eigenvalue weighted by Gasteiger charge is 2.44. The van der Waals surface area contributed by atoms with E-state index < -0.39 is 17.6 Å². The molecule has 0 fully saturated rings. The molecule has 0 aromatic heterocycles. The van der Waals surface area contributed by atoms with Gasteiger partial charge >= 0.3 is 0 Å². The Kier molecular flexibility index (Phi) is 5.06. The fourth-order valence-electron chi connectivity index (χ4n) is 4.50. The monoisotopic (exact) mass is 446 g/mol. The standard InChI is InChI=1S/C26H20ClFN2O2/c1-16-15-19(27)10-13-21(16)30-25(31)23(18-8-11-20(28)12-9-18)24(26(30)32)29-14-4-6-17-5-2-3-7-22(17)29/h2-3,5,7-13,15H,4,6,14H2,1H3. The molecule has 0 radical (unpaired) electrons. The number of para-hydroxylation sites is 1. The minimum absolute atomic E-state index is 0.279. The van der Waals surface area contributed by atoms with E-state index in [0.29, 0.717) is 28.5 Å². The third-order valence-corrected chi connectivity index (χ3v) is 6.21. The molecule has 0 atom stereocenters. The van der Waals surface area contributed by atoms with Crippen molar-refractivity contribution < 1.29 is 14.0 Å². The average Bonchev–Trinajstić information content (AvgIpc) is 3.04. The van der Waals surface area contributed by atoms with Crippen LogP contribution in [0.3, 0.4) is 0 Å². The summed E-state index contributed by atoms with van der Waals surface area (Å²) < 4.78 is 13.6. The first-order chi connectivity index (χ1) is 15.5. The van der Waals surface area contributed by atoms with Gasteiger partial charge in [-0.25, -0.2) is 9.29 Å². The fraction of sp³-hybridized carbons (Fsp3) is 0.154. The molecule has 2 aliphatic heterocycles. The minimum Gasteiger partial charge on any atom is -0.336 e. The SMILES string of the molecule is Cc1cc(Cl)ccc1N1C(=O)C(c2ccc(F)cc2)=C(N2CCCc3ccccc32)C1=O. The zero-order valence-electron chi connectivity index (χ0n) is 17.4. The number of carbonyl (C=O) groups excluding carboxylic acids is 2. The molecule has 2 amide bonds. The first-order valence-electron chi connectivity index (χ1n) is 10.5. The number of rotatable bonds is 3. The normalized spacial score (nSPS) is 16.1. The van der Waals surface area contributed by atoms with Crippen molar-refractivity contribution in [2.45, 2.75) is 19.8 Å². The molecular weight excluding hydrogens is 427 g/mol. The molecule has 4 nitrogen and oxygen atoms in total. The van der Waals surface area contributed by atoms with Crippen molar-refractivity contribution in [1.29, 1.82) is 0 Å². The van der Waals surface area contributed by atoms with Gasteiger partial charge in [-0.1, -0.05) is 41.9 Å². The van der Waals surface area contributed by atoms with E-state index in [1.807, 2.05) is 36.1 Å². The summed E-state index contributed by atoms with van der Waals surface area (Å²) in [6, 6.07) is 18.7. The van der Waals surface area contributed by atoms with Gasteiger partial charge in [-0.05, 0) is 72.9 Å². The van der Waals surface area contributed by atoms with Gasteiger partial charge in [-0.15, -0.1) is 0 Å². The van der Waals surface area contributed by atoms with E-state index in [2.05, 4.69) is 0 Å². The predicted octanol–water partition coefficient (Wildman–Crippen LogP) is 5.52. The van der Waals surface area contributed by atoms with Crippen LogP contribution in [0.1, 0.15) is 23.1 Å². The number of hydrogen-bond acceptors (Lipinski definition) is 3. The van der Waals surface area contributed by atoms with E-state index in [9.17, 15) is 14.0 Å². The molecule has 3 aromatic rings. The second kappa shape index (κ2) is 7.92. The molecule has 0 N–H and O–H groups in total. The van der Waals surface area contributed by atoms with Crippen LogP contribution in [0.25, 0.3) is 5.57 Å². The maximum absolute atomic E-state index is 13.8. The van der Waals surface area contributed by atoms with E-state index in [0.717, 1.165) is 29.7 Å². The molecule has 0 spiro atoms. The molecule has 5 rings (SSSR count). The second-order valence-electron chi connectivity index (χ2n) is 7.99. The highest BCUT2D eigenvalue weighted by atomic mass is 35.5. The van der Waals surface area contributed by atoms with Gasteiger partial charge < -0.3 is 4.90 Å². The fourth-order valence-corrected chi connectivity index (χ4v) is 4.73. The van der Waals surface area contributed by atoms with Crippen LogP contribution in [0.5, 0.6) is 0 Å². The molecule has 0 saturated heterocycles. The first kappa shape index (κ1) is 20.5. The van der Waals surface area contributed by atoms with E-state index >= 15 is 0 Å². The number of imide groups is 1. The zero-order valence-corrected chi connectivity index (χ0v) is 18.2. The van der Waals surface area contributed by atoms with Crippen LogP contribution in [0, 0.1) is 12.7 Å². The van der Waals surface area contributed by atoms with Crippen molar-refractivity contribution in [2.75, 3.05) is 16.3 Å². The second-order valence-corrected chi connectivity index (χ2v) is 8.43. The summed E-state index contributed by atoms with van der Waals surface area (Å²) >= 11 is 6.10. The molecular formula is C26H20ClFN2O2. The Labute approximate surface area is 190 Å². The van der Waals surface area contributed by atoms with Crippen molar-refractivity contribution in [3.05, 3.63) is 100.0 Å². The molecule has 0 aliphatic carbocycles. The molecule has 2 heterocycles. The summed E-state index contributed by atoms with van der Waals surface area (Å²) in [6.07, 6.45) is 1.77. The summed E-state index contributed by atoms with van der Waals surface area (Å²) in [5.74, 6) is -1.22. The van der Waals surface area contributed by atoms with Gasteiger partial charge in [-0.2, -0.15) is 0 Å².